The number of hydrogen-bond donors (Lipinski definition) is 1. The van der Waals surface area contributed by atoms with Crippen molar-refractivity contribution in [2.24, 2.45) is 5.41 Å². The molecule has 0 bridgehead atoms. The molecule has 0 spiro atoms. The van der Waals surface area contributed by atoms with E-state index in [2.05, 4.69) is 30.5 Å². The first-order valence-electron chi connectivity index (χ1n) is 7.49. The molecule has 5 heteroatoms. The zero-order valence-electron chi connectivity index (χ0n) is 12.8. The van der Waals surface area contributed by atoms with Gasteiger partial charge in [-0.2, -0.15) is 0 Å². The Labute approximate surface area is 125 Å². The second-order valence-corrected chi connectivity index (χ2v) is 6.23. The minimum absolute atomic E-state index is 0.358. The van der Waals surface area contributed by atoms with Crippen LogP contribution in [0.25, 0.3) is 0 Å². The van der Waals surface area contributed by atoms with Gasteiger partial charge in [-0.05, 0) is 38.3 Å². The summed E-state index contributed by atoms with van der Waals surface area (Å²) in [6.07, 6.45) is 3.56. The summed E-state index contributed by atoms with van der Waals surface area (Å²) >= 11 is 0. The van der Waals surface area contributed by atoms with Crippen LogP contribution < -0.4 is 0 Å². The normalized spacial score (nSPS) is 18.8. The highest BCUT2D eigenvalue weighted by Crippen LogP contribution is 2.36. The molecule has 1 fully saturated rings. The molecule has 2 heterocycles. The number of rotatable bonds is 6. The van der Waals surface area contributed by atoms with E-state index >= 15 is 0 Å². The van der Waals surface area contributed by atoms with Crippen LogP contribution in [0.15, 0.2) is 23.2 Å². The van der Waals surface area contributed by atoms with Crippen LogP contribution >= 0.6 is 0 Å². The third-order valence-corrected chi connectivity index (χ3v) is 4.35. The molecule has 1 aromatic rings. The molecule has 0 unspecified atom stereocenters. The van der Waals surface area contributed by atoms with Gasteiger partial charge in [0.2, 0.25) is 0 Å². The number of aliphatic carboxylic acids is 1. The first kappa shape index (κ1) is 15.8. The smallest absolute Gasteiger partial charge is 0.310 e. The summed E-state index contributed by atoms with van der Waals surface area (Å²) in [5.74, 6) is 0.505. The Morgan fingerprint density at radius 3 is 2.71 bits per heavy atom. The highest BCUT2D eigenvalue weighted by molar-refractivity contribution is 5.75. The fraction of sp³-hybridized carbons (Fsp3) is 0.625. The molecule has 1 N–H and O–H groups in total. The monoisotopic (exact) mass is 292 g/mol. The molecule has 0 atom stereocenters. The Bertz CT molecular complexity index is 499. The van der Waals surface area contributed by atoms with E-state index in [9.17, 15) is 9.90 Å². The van der Waals surface area contributed by atoms with Gasteiger partial charge in [0.05, 0.1) is 17.7 Å². The summed E-state index contributed by atoms with van der Waals surface area (Å²) in [5, 5.41) is 13.5. The molecule has 1 aliphatic heterocycles. The SMILES string of the molecule is C=CCC1(C(=O)O)CCN(Cc2cc(C(C)C)no2)CC1. The maximum absolute atomic E-state index is 11.5. The van der Waals surface area contributed by atoms with E-state index in [-0.39, 0.29) is 0 Å². The molecular weight excluding hydrogens is 268 g/mol. The Balaban J connectivity index is 1.94. The number of carboxylic acids is 1. The van der Waals surface area contributed by atoms with Gasteiger partial charge in [-0.25, -0.2) is 0 Å². The van der Waals surface area contributed by atoms with Crippen LogP contribution in [-0.4, -0.2) is 34.2 Å². The highest BCUT2D eigenvalue weighted by Gasteiger charge is 2.40. The third kappa shape index (κ3) is 3.53. The average molecular weight is 292 g/mol. The fourth-order valence-electron chi connectivity index (χ4n) is 2.82. The molecular formula is C16H24N2O3. The van der Waals surface area contributed by atoms with Gasteiger partial charge in [0.15, 0.2) is 5.76 Å². The van der Waals surface area contributed by atoms with Crippen LogP contribution in [0.4, 0.5) is 0 Å². The first-order chi connectivity index (χ1) is 9.97. The van der Waals surface area contributed by atoms with Crippen LogP contribution in [-0.2, 0) is 11.3 Å². The van der Waals surface area contributed by atoms with Gasteiger partial charge < -0.3 is 9.63 Å². The molecule has 116 valence electrons. The van der Waals surface area contributed by atoms with Gasteiger partial charge in [-0.3, -0.25) is 9.69 Å². The summed E-state index contributed by atoms with van der Waals surface area (Å²) in [6.45, 7) is 10.1. The molecule has 0 aliphatic carbocycles. The molecule has 0 amide bonds. The van der Waals surface area contributed by atoms with Crippen LogP contribution in [0, 0.1) is 5.41 Å². The lowest BCUT2D eigenvalue weighted by Crippen LogP contribution is -2.43. The van der Waals surface area contributed by atoms with E-state index in [1.807, 2.05) is 6.07 Å². The zero-order chi connectivity index (χ0) is 15.5. The number of carboxylic acid groups (broad SMARTS) is 1. The molecule has 21 heavy (non-hydrogen) atoms. The van der Waals surface area contributed by atoms with Crippen molar-refractivity contribution < 1.29 is 14.4 Å². The number of nitrogens with zero attached hydrogens (tertiary/aromatic N) is 2. The maximum Gasteiger partial charge on any atom is 0.310 e. The van der Waals surface area contributed by atoms with Crippen LogP contribution in [0.1, 0.15) is 50.5 Å². The average Bonchev–Trinajstić information content (AvgIpc) is 2.90. The van der Waals surface area contributed by atoms with Gasteiger partial charge in [0.25, 0.3) is 0 Å². The van der Waals surface area contributed by atoms with Gasteiger partial charge in [-0.1, -0.05) is 25.1 Å². The number of hydrogen-bond acceptors (Lipinski definition) is 4. The molecule has 0 aromatic carbocycles. The molecule has 0 saturated carbocycles. The maximum atomic E-state index is 11.5. The summed E-state index contributed by atoms with van der Waals surface area (Å²) in [4.78, 5) is 13.7. The molecule has 1 aliphatic rings. The summed E-state index contributed by atoms with van der Waals surface area (Å²) in [6, 6.07) is 1.99. The lowest BCUT2D eigenvalue weighted by atomic mass is 9.76. The quantitative estimate of drug-likeness (QED) is 0.816. The summed E-state index contributed by atoms with van der Waals surface area (Å²) in [5.41, 5.74) is 0.330. The van der Waals surface area contributed by atoms with Crippen molar-refractivity contribution >= 4 is 5.97 Å². The molecule has 2 rings (SSSR count). The largest absolute Gasteiger partial charge is 0.481 e. The minimum atomic E-state index is -0.705. The third-order valence-electron chi connectivity index (χ3n) is 4.35. The van der Waals surface area contributed by atoms with Gasteiger partial charge in [0.1, 0.15) is 0 Å². The summed E-state index contributed by atoms with van der Waals surface area (Å²) in [7, 11) is 0. The van der Waals surface area contributed by atoms with E-state index < -0.39 is 11.4 Å². The minimum Gasteiger partial charge on any atom is -0.481 e. The van der Waals surface area contributed by atoms with Gasteiger partial charge in [0, 0.05) is 6.07 Å². The van der Waals surface area contributed by atoms with Crippen molar-refractivity contribution in [2.45, 2.75) is 45.6 Å². The number of piperidine rings is 1. The Hall–Kier alpha value is -1.62. The standard InChI is InChI=1S/C16H24N2O3/c1-4-5-16(15(19)20)6-8-18(9-7-16)11-13-10-14(12(2)3)17-21-13/h4,10,12H,1,5-9,11H2,2-3H3,(H,19,20). The second kappa shape index (κ2) is 6.43. The Morgan fingerprint density at radius 2 is 2.24 bits per heavy atom. The number of likely N-dealkylation sites (tertiary alicyclic amines) is 1. The van der Waals surface area contributed by atoms with Gasteiger partial charge >= 0.3 is 5.97 Å². The molecule has 5 nitrogen and oxygen atoms in total. The van der Waals surface area contributed by atoms with E-state index in [4.69, 9.17) is 4.52 Å². The molecule has 1 aromatic heterocycles. The van der Waals surface area contributed by atoms with E-state index in [1.54, 1.807) is 6.08 Å². The topological polar surface area (TPSA) is 66.6 Å². The number of allylic oxidation sites excluding steroid dienone is 1. The van der Waals surface area contributed by atoms with Crippen molar-refractivity contribution in [3.8, 4) is 0 Å². The van der Waals surface area contributed by atoms with Crippen molar-refractivity contribution in [1.82, 2.24) is 10.1 Å². The van der Waals surface area contributed by atoms with E-state index in [0.717, 1.165) is 24.5 Å². The predicted octanol–water partition coefficient (Wildman–Crippen LogP) is 3.04. The predicted molar refractivity (Wildman–Crippen MR) is 80.0 cm³/mol. The van der Waals surface area contributed by atoms with Crippen molar-refractivity contribution in [2.75, 3.05) is 13.1 Å². The van der Waals surface area contributed by atoms with Crippen LogP contribution in [0.2, 0.25) is 0 Å². The first-order valence-corrected chi connectivity index (χ1v) is 7.49. The lowest BCUT2D eigenvalue weighted by Gasteiger charge is -2.37. The van der Waals surface area contributed by atoms with Crippen LogP contribution in [0.5, 0.6) is 0 Å². The highest BCUT2D eigenvalue weighted by atomic mass is 16.5. The zero-order valence-corrected chi connectivity index (χ0v) is 12.8. The number of aromatic nitrogens is 1. The van der Waals surface area contributed by atoms with Crippen LogP contribution in [0.3, 0.4) is 0 Å². The second-order valence-electron chi connectivity index (χ2n) is 6.23. The van der Waals surface area contributed by atoms with Crippen molar-refractivity contribution in [1.29, 1.82) is 0 Å². The Morgan fingerprint density at radius 1 is 1.57 bits per heavy atom. The van der Waals surface area contributed by atoms with E-state index in [1.165, 1.54) is 0 Å². The summed E-state index contributed by atoms with van der Waals surface area (Å²) < 4.78 is 5.35. The lowest BCUT2D eigenvalue weighted by molar-refractivity contribution is -0.152. The van der Waals surface area contributed by atoms with Gasteiger partial charge in [-0.15, -0.1) is 6.58 Å². The fourth-order valence-corrected chi connectivity index (χ4v) is 2.82. The Kier molecular flexibility index (Phi) is 4.83. The molecule has 0 radical (unpaired) electrons. The van der Waals surface area contributed by atoms with E-state index in [0.29, 0.717) is 31.7 Å². The van der Waals surface area contributed by atoms with Crippen molar-refractivity contribution in [3.05, 3.63) is 30.2 Å². The van der Waals surface area contributed by atoms with Crippen molar-refractivity contribution in [3.63, 3.8) is 0 Å². The molecule has 1 saturated heterocycles. The number of carbonyl (C=O) groups is 1.